The van der Waals surface area contributed by atoms with Gasteiger partial charge in [0.05, 0.1) is 6.61 Å². The van der Waals surface area contributed by atoms with Crippen molar-refractivity contribution in [2.45, 2.75) is 26.2 Å². The van der Waals surface area contributed by atoms with Crippen LogP contribution in [-0.4, -0.2) is 44.2 Å². The molecule has 21 heavy (non-hydrogen) atoms. The molecule has 0 radical (unpaired) electrons. The summed E-state index contributed by atoms with van der Waals surface area (Å²) in [6, 6.07) is 0. The van der Waals surface area contributed by atoms with Crippen molar-refractivity contribution in [1.29, 1.82) is 0 Å². The fraction of sp³-hybridized carbons (Fsp3) is 0.714. The topological polar surface area (TPSA) is 80.5 Å². The Morgan fingerprint density at radius 1 is 1.57 bits per heavy atom. The number of nitrogen functional groups attached to an aromatic ring is 1. The molecule has 2 rings (SSSR count). The minimum atomic E-state index is -0.170. The maximum atomic E-state index is 12.1. The number of nitrogens with one attached hydrogen (secondary N) is 1. The summed E-state index contributed by atoms with van der Waals surface area (Å²) in [7, 11) is 1.95. The third-order valence-corrected chi connectivity index (χ3v) is 4.50. The summed E-state index contributed by atoms with van der Waals surface area (Å²) in [5, 5.41) is 3.61. The molecule has 1 amide bonds. The van der Waals surface area contributed by atoms with E-state index < -0.39 is 0 Å². The molecule has 0 spiro atoms. The monoisotopic (exact) mass is 312 g/mol. The molecule has 0 saturated heterocycles. The number of aromatic nitrogens is 1. The van der Waals surface area contributed by atoms with Gasteiger partial charge in [-0.3, -0.25) is 4.79 Å². The molecule has 0 bridgehead atoms. The van der Waals surface area contributed by atoms with Gasteiger partial charge < -0.3 is 20.7 Å². The van der Waals surface area contributed by atoms with Gasteiger partial charge in [-0.15, -0.1) is 0 Å². The Labute approximate surface area is 129 Å². The predicted octanol–water partition coefficient (Wildman–Crippen LogP) is 1.73. The molecular formula is C14H24N4O2S. The van der Waals surface area contributed by atoms with Crippen LogP contribution >= 0.6 is 11.3 Å². The van der Waals surface area contributed by atoms with Gasteiger partial charge in [0.2, 0.25) is 0 Å². The summed E-state index contributed by atoms with van der Waals surface area (Å²) < 4.78 is 5.48. The predicted molar refractivity (Wildman–Crippen MR) is 86.0 cm³/mol. The molecule has 1 aliphatic carbocycles. The highest BCUT2D eigenvalue weighted by Crippen LogP contribution is 2.29. The van der Waals surface area contributed by atoms with Crippen molar-refractivity contribution in [3.63, 3.8) is 0 Å². The molecule has 1 aliphatic rings. The van der Waals surface area contributed by atoms with Crippen molar-refractivity contribution in [3.05, 3.63) is 4.88 Å². The molecule has 1 aromatic rings. The van der Waals surface area contributed by atoms with E-state index in [1.165, 1.54) is 24.2 Å². The van der Waals surface area contributed by atoms with Crippen molar-refractivity contribution < 1.29 is 9.53 Å². The van der Waals surface area contributed by atoms with Gasteiger partial charge in [-0.1, -0.05) is 18.3 Å². The van der Waals surface area contributed by atoms with E-state index in [0.717, 1.165) is 30.6 Å². The average Bonchev–Trinajstić information content (AvgIpc) is 3.19. The Morgan fingerprint density at radius 3 is 3.00 bits per heavy atom. The number of carbonyl (C=O) groups is 1. The second-order valence-corrected chi connectivity index (χ2v) is 6.38. The van der Waals surface area contributed by atoms with Crippen LogP contribution in [0.25, 0.3) is 0 Å². The molecule has 0 atom stereocenters. The first-order valence-corrected chi connectivity index (χ1v) is 8.26. The first-order chi connectivity index (χ1) is 10.1. The Hall–Kier alpha value is -1.34. The van der Waals surface area contributed by atoms with E-state index in [9.17, 15) is 4.79 Å². The number of amides is 1. The number of ether oxygens (including phenoxy) is 1. The van der Waals surface area contributed by atoms with Crippen LogP contribution in [0.2, 0.25) is 0 Å². The lowest BCUT2D eigenvalue weighted by atomic mass is 10.4. The summed E-state index contributed by atoms with van der Waals surface area (Å²) in [5.74, 6) is 0.875. The van der Waals surface area contributed by atoms with E-state index >= 15 is 0 Å². The third kappa shape index (κ3) is 4.86. The number of hydrogen-bond donors (Lipinski definition) is 2. The third-order valence-electron chi connectivity index (χ3n) is 3.32. The first-order valence-electron chi connectivity index (χ1n) is 7.45. The molecule has 7 heteroatoms. The minimum absolute atomic E-state index is 0.170. The van der Waals surface area contributed by atoms with Gasteiger partial charge in [-0.25, -0.2) is 4.98 Å². The van der Waals surface area contributed by atoms with Gasteiger partial charge in [-0.2, -0.15) is 0 Å². The number of hydrogen-bond acceptors (Lipinski definition) is 6. The van der Waals surface area contributed by atoms with E-state index in [1.54, 1.807) is 0 Å². The number of anilines is 2. The molecule has 118 valence electrons. The highest BCUT2D eigenvalue weighted by Gasteiger charge is 2.21. The molecule has 0 aromatic carbocycles. The normalized spacial score (nSPS) is 14.2. The lowest BCUT2D eigenvalue weighted by Crippen LogP contribution is -2.27. The second kappa shape index (κ2) is 7.61. The van der Waals surface area contributed by atoms with Gasteiger partial charge in [0.15, 0.2) is 5.13 Å². The summed E-state index contributed by atoms with van der Waals surface area (Å²) in [4.78, 5) is 18.8. The summed E-state index contributed by atoms with van der Waals surface area (Å²) in [5.41, 5.74) is 5.84. The number of nitrogens with two attached hydrogens (primary N) is 1. The smallest absolute Gasteiger partial charge is 0.265 e. The van der Waals surface area contributed by atoms with Crippen LogP contribution in [0, 0.1) is 5.92 Å². The molecular weight excluding hydrogens is 288 g/mol. The molecule has 1 heterocycles. The zero-order valence-electron chi connectivity index (χ0n) is 12.7. The highest BCUT2D eigenvalue weighted by atomic mass is 32.1. The fourth-order valence-corrected chi connectivity index (χ4v) is 2.82. The second-order valence-electron chi connectivity index (χ2n) is 5.41. The van der Waals surface area contributed by atoms with Crippen molar-refractivity contribution >= 4 is 28.2 Å². The van der Waals surface area contributed by atoms with Crippen LogP contribution in [-0.2, 0) is 4.74 Å². The lowest BCUT2D eigenvalue weighted by molar-refractivity contribution is 0.0911. The standard InChI is InChI=1S/C14H24N4O2S/c1-3-7-18(2)14-17-12(15)11(21-14)13(19)16-6-8-20-9-10-4-5-10/h10H,3-9,15H2,1-2H3,(H,16,19). The molecule has 3 N–H and O–H groups in total. The van der Waals surface area contributed by atoms with Gasteiger partial charge in [-0.05, 0) is 25.2 Å². The lowest BCUT2D eigenvalue weighted by Gasteiger charge is -2.13. The van der Waals surface area contributed by atoms with Crippen LogP contribution in [0.1, 0.15) is 35.9 Å². The van der Waals surface area contributed by atoms with Crippen LogP contribution in [0.5, 0.6) is 0 Å². The van der Waals surface area contributed by atoms with Crippen LogP contribution in [0.4, 0.5) is 10.9 Å². The highest BCUT2D eigenvalue weighted by molar-refractivity contribution is 7.18. The van der Waals surface area contributed by atoms with E-state index in [0.29, 0.717) is 23.8 Å². The minimum Gasteiger partial charge on any atom is -0.382 e. The Bertz CT molecular complexity index is 474. The van der Waals surface area contributed by atoms with Crippen LogP contribution in [0.15, 0.2) is 0 Å². The van der Waals surface area contributed by atoms with Gasteiger partial charge >= 0.3 is 0 Å². The van der Waals surface area contributed by atoms with E-state index in [4.69, 9.17) is 10.5 Å². The molecule has 0 aliphatic heterocycles. The molecule has 1 saturated carbocycles. The molecule has 0 unspecified atom stereocenters. The van der Waals surface area contributed by atoms with Crippen molar-refractivity contribution in [1.82, 2.24) is 10.3 Å². The van der Waals surface area contributed by atoms with E-state index in [-0.39, 0.29) is 5.91 Å². The van der Waals surface area contributed by atoms with E-state index in [1.807, 2.05) is 11.9 Å². The Balaban J connectivity index is 1.77. The number of nitrogens with zero attached hydrogens (tertiary/aromatic N) is 2. The zero-order valence-corrected chi connectivity index (χ0v) is 13.5. The quantitative estimate of drug-likeness (QED) is 0.679. The Morgan fingerprint density at radius 2 is 2.33 bits per heavy atom. The van der Waals surface area contributed by atoms with Crippen molar-refractivity contribution in [3.8, 4) is 0 Å². The summed E-state index contributed by atoms with van der Waals surface area (Å²) >= 11 is 1.33. The molecule has 1 fully saturated rings. The molecule has 6 nitrogen and oxygen atoms in total. The average molecular weight is 312 g/mol. The van der Waals surface area contributed by atoms with Gasteiger partial charge in [0.25, 0.3) is 5.91 Å². The summed E-state index contributed by atoms with van der Waals surface area (Å²) in [6.45, 7) is 4.85. The number of rotatable bonds is 9. The van der Waals surface area contributed by atoms with Crippen LogP contribution < -0.4 is 16.0 Å². The number of carbonyl (C=O) groups excluding carboxylic acids is 1. The van der Waals surface area contributed by atoms with Crippen molar-refractivity contribution in [2.24, 2.45) is 5.92 Å². The zero-order chi connectivity index (χ0) is 15.2. The molecule has 1 aromatic heterocycles. The Kier molecular flexibility index (Phi) is 5.81. The largest absolute Gasteiger partial charge is 0.382 e. The fourth-order valence-electron chi connectivity index (χ4n) is 1.93. The van der Waals surface area contributed by atoms with Gasteiger partial charge in [0, 0.05) is 26.7 Å². The van der Waals surface area contributed by atoms with Crippen molar-refractivity contribution in [2.75, 3.05) is 44.0 Å². The maximum absolute atomic E-state index is 12.1. The SMILES string of the molecule is CCCN(C)c1nc(N)c(C(=O)NCCOCC2CC2)s1. The summed E-state index contributed by atoms with van der Waals surface area (Å²) in [6.07, 6.45) is 3.57. The van der Waals surface area contributed by atoms with E-state index in [2.05, 4.69) is 17.2 Å². The first kappa shape index (κ1) is 16.0. The van der Waals surface area contributed by atoms with Crippen LogP contribution in [0.3, 0.4) is 0 Å². The maximum Gasteiger partial charge on any atom is 0.265 e. The van der Waals surface area contributed by atoms with Gasteiger partial charge in [0.1, 0.15) is 10.7 Å². The number of thiazole rings is 1.